The molecule has 0 saturated carbocycles. The van der Waals surface area contributed by atoms with Crippen LogP contribution in [0.3, 0.4) is 0 Å². The van der Waals surface area contributed by atoms with Gasteiger partial charge in [-0.15, -0.1) is 0 Å². The average molecular weight is 216 g/mol. The highest BCUT2D eigenvalue weighted by molar-refractivity contribution is 5.79. The summed E-state index contributed by atoms with van der Waals surface area (Å²) in [6.45, 7) is 8.52. The van der Waals surface area contributed by atoms with Crippen LogP contribution in [0.1, 0.15) is 40.5 Å². The van der Waals surface area contributed by atoms with Crippen molar-refractivity contribution >= 4 is 5.91 Å². The van der Waals surface area contributed by atoms with Gasteiger partial charge in [0.1, 0.15) is 0 Å². The summed E-state index contributed by atoms with van der Waals surface area (Å²) in [6, 6.07) is -0.334. The number of nitrogens with two attached hydrogens (primary N) is 1. The van der Waals surface area contributed by atoms with Crippen molar-refractivity contribution in [2.75, 3.05) is 6.54 Å². The third kappa shape index (κ3) is 7.33. The first kappa shape index (κ1) is 14.4. The number of nitrogens with one attached hydrogen (secondary N) is 1. The SMILES string of the molecule is CCC(NCC(O)CC(C)(C)C)C(N)=O. The van der Waals surface area contributed by atoms with Gasteiger partial charge in [-0.2, -0.15) is 0 Å². The zero-order chi connectivity index (χ0) is 12.1. The van der Waals surface area contributed by atoms with Gasteiger partial charge in [-0.25, -0.2) is 0 Å². The summed E-state index contributed by atoms with van der Waals surface area (Å²) in [5.41, 5.74) is 5.27. The van der Waals surface area contributed by atoms with Crippen molar-refractivity contribution < 1.29 is 9.90 Å². The number of hydrogen-bond donors (Lipinski definition) is 3. The van der Waals surface area contributed by atoms with E-state index in [9.17, 15) is 9.90 Å². The molecular weight excluding hydrogens is 192 g/mol. The van der Waals surface area contributed by atoms with Gasteiger partial charge >= 0.3 is 0 Å². The van der Waals surface area contributed by atoms with Gasteiger partial charge in [-0.05, 0) is 18.3 Å². The van der Waals surface area contributed by atoms with Crippen LogP contribution in [0, 0.1) is 5.41 Å². The predicted octanol–water partition coefficient (Wildman–Crippen LogP) is 0.637. The Kier molecular flexibility index (Phi) is 5.83. The highest BCUT2D eigenvalue weighted by Crippen LogP contribution is 2.20. The molecule has 0 aliphatic carbocycles. The highest BCUT2D eigenvalue weighted by atomic mass is 16.3. The van der Waals surface area contributed by atoms with Gasteiger partial charge < -0.3 is 16.2 Å². The molecule has 2 unspecified atom stereocenters. The predicted molar refractivity (Wildman–Crippen MR) is 61.4 cm³/mol. The zero-order valence-electron chi connectivity index (χ0n) is 10.2. The van der Waals surface area contributed by atoms with Crippen molar-refractivity contribution in [3.8, 4) is 0 Å². The summed E-state index contributed by atoms with van der Waals surface area (Å²) in [4.78, 5) is 10.9. The Hall–Kier alpha value is -0.610. The van der Waals surface area contributed by atoms with Crippen molar-refractivity contribution in [2.45, 2.75) is 52.7 Å². The van der Waals surface area contributed by atoms with Crippen molar-refractivity contribution in [1.82, 2.24) is 5.32 Å². The normalized spacial score (nSPS) is 16.1. The van der Waals surface area contributed by atoms with Gasteiger partial charge in [0.25, 0.3) is 0 Å². The Morgan fingerprint density at radius 1 is 1.47 bits per heavy atom. The van der Waals surface area contributed by atoms with E-state index in [1.165, 1.54) is 0 Å². The second-order valence-electron chi connectivity index (χ2n) is 5.19. The Morgan fingerprint density at radius 2 is 2.00 bits per heavy atom. The molecule has 0 aromatic carbocycles. The monoisotopic (exact) mass is 216 g/mol. The van der Waals surface area contributed by atoms with Crippen molar-refractivity contribution in [3.05, 3.63) is 0 Å². The van der Waals surface area contributed by atoms with Crippen LogP contribution in [0.2, 0.25) is 0 Å². The molecule has 0 aliphatic heterocycles. The van der Waals surface area contributed by atoms with E-state index in [2.05, 4.69) is 26.1 Å². The van der Waals surface area contributed by atoms with Crippen LogP contribution in [0.25, 0.3) is 0 Å². The molecule has 4 N–H and O–H groups in total. The maximum atomic E-state index is 10.9. The third-order valence-corrected chi connectivity index (χ3v) is 2.20. The first-order valence-corrected chi connectivity index (χ1v) is 5.47. The molecule has 1 amide bonds. The van der Waals surface area contributed by atoms with Crippen molar-refractivity contribution in [3.63, 3.8) is 0 Å². The summed E-state index contributed by atoms with van der Waals surface area (Å²) in [5.74, 6) is -0.361. The number of aliphatic hydroxyl groups excluding tert-OH is 1. The lowest BCUT2D eigenvalue weighted by atomic mass is 9.89. The van der Waals surface area contributed by atoms with Gasteiger partial charge in [-0.1, -0.05) is 27.7 Å². The van der Waals surface area contributed by atoms with E-state index in [4.69, 9.17) is 5.73 Å². The molecule has 0 saturated heterocycles. The maximum absolute atomic E-state index is 10.9. The van der Waals surface area contributed by atoms with Crippen LogP contribution in [-0.2, 0) is 4.79 Å². The van der Waals surface area contributed by atoms with Crippen LogP contribution in [0.5, 0.6) is 0 Å². The lowest BCUT2D eigenvalue weighted by Crippen LogP contribution is -2.44. The summed E-state index contributed by atoms with van der Waals surface area (Å²) in [7, 11) is 0. The molecule has 0 bridgehead atoms. The molecule has 4 nitrogen and oxygen atoms in total. The molecular formula is C11H24N2O2. The Morgan fingerprint density at radius 3 is 2.33 bits per heavy atom. The van der Waals surface area contributed by atoms with Crippen LogP contribution < -0.4 is 11.1 Å². The molecule has 15 heavy (non-hydrogen) atoms. The number of amides is 1. The quantitative estimate of drug-likeness (QED) is 0.610. The smallest absolute Gasteiger partial charge is 0.234 e. The molecule has 0 aromatic heterocycles. The first-order chi connectivity index (χ1) is 6.76. The molecule has 90 valence electrons. The zero-order valence-corrected chi connectivity index (χ0v) is 10.2. The van der Waals surface area contributed by atoms with Crippen LogP contribution in [0.4, 0.5) is 0 Å². The van der Waals surface area contributed by atoms with E-state index in [1.807, 2.05) is 6.92 Å². The molecule has 0 aliphatic rings. The number of aliphatic hydroxyl groups is 1. The second-order valence-corrected chi connectivity index (χ2v) is 5.19. The summed E-state index contributed by atoms with van der Waals surface area (Å²) < 4.78 is 0. The lowest BCUT2D eigenvalue weighted by molar-refractivity contribution is -0.120. The number of carbonyl (C=O) groups excluding carboxylic acids is 1. The number of primary amides is 1. The minimum atomic E-state index is -0.432. The Bertz CT molecular complexity index is 199. The highest BCUT2D eigenvalue weighted by Gasteiger charge is 2.18. The molecule has 0 radical (unpaired) electrons. The van der Waals surface area contributed by atoms with E-state index in [0.717, 1.165) is 0 Å². The Balaban J connectivity index is 3.88. The topological polar surface area (TPSA) is 75.3 Å². The molecule has 0 rings (SSSR count). The fourth-order valence-corrected chi connectivity index (χ4v) is 1.50. The van der Waals surface area contributed by atoms with E-state index in [0.29, 0.717) is 19.4 Å². The fraction of sp³-hybridized carbons (Fsp3) is 0.909. The fourth-order valence-electron chi connectivity index (χ4n) is 1.50. The van der Waals surface area contributed by atoms with Crippen molar-refractivity contribution in [1.29, 1.82) is 0 Å². The molecule has 0 aromatic rings. The number of hydrogen-bond acceptors (Lipinski definition) is 3. The standard InChI is InChI=1S/C11H24N2O2/c1-5-9(10(12)15)13-7-8(14)6-11(2,3)4/h8-9,13-14H,5-7H2,1-4H3,(H2,12,15). The summed E-state index contributed by atoms with van der Waals surface area (Å²) in [6.07, 6.45) is 0.922. The second kappa shape index (κ2) is 6.08. The Labute approximate surface area is 92.2 Å². The number of rotatable bonds is 6. The molecule has 2 atom stereocenters. The van der Waals surface area contributed by atoms with E-state index in [1.54, 1.807) is 0 Å². The first-order valence-electron chi connectivity index (χ1n) is 5.47. The van der Waals surface area contributed by atoms with Crippen LogP contribution >= 0.6 is 0 Å². The largest absolute Gasteiger partial charge is 0.392 e. The minimum absolute atomic E-state index is 0.0928. The lowest BCUT2D eigenvalue weighted by Gasteiger charge is -2.23. The van der Waals surface area contributed by atoms with Crippen molar-refractivity contribution in [2.24, 2.45) is 11.1 Å². The molecule has 4 heteroatoms. The summed E-state index contributed by atoms with van der Waals surface area (Å²) >= 11 is 0. The van der Waals surface area contributed by atoms with Gasteiger partial charge in [0, 0.05) is 6.54 Å². The average Bonchev–Trinajstić information content (AvgIpc) is 2.01. The van der Waals surface area contributed by atoms with E-state index < -0.39 is 6.10 Å². The van der Waals surface area contributed by atoms with E-state index in [-0.39, 0.29) is 17.4 Å². The molecule has 0 heterocycles. The van der Waals surface area contributed by atoms with Gasteiger partial charge in [-0.3, -0.25) is 4.79 Å². The minimum Gasteiger partial charge on any atom is -0.392 e. The number of carbonyl (C=O) groups is 1. The maximum Gasteiger partial charge on any atom is 0.234 e. The summed E-state index contributed by atoms with van der Waals surface area (Å²) in [5, 5.41) is 12.7. The van der Waals surface area contributed by atoms with Gasteiger partial charge in [0.15, 0.2) is 0 Å². The molecule has 0 fully saturated rings. The van der Waals surface area contributed by atoms with Crippen LogP contribution in [-0.4, -0.2) is 29.7 Å². The van der Waals surface area contributed by atoms with Gasteiger partial charge in [0.05, 0.1) is 12.1 Å². The van der Waals surface area contributed by atoms with E-state index >= 15 is 0 Å². The third-order valence-electron chi connectivity index (χ3n) is 2.20. The van der Waals surface area contributed by atoms with Crippen LogP contribution in [0.15, 0.2) is 0 Å². The van der Waals surface area contributed by atoms with Gasteiger partial charge in [0.2, 0.25) is 5.91 Å². The molecule has 0 spiro atoms.